The number of hydrogen-bond donors (Lipinski definition) is 0. The summed E-state index contributed by atoms with van der Waals surface area (Å²) in [4.78, 5) is 29.6. The van der Waals surface area contributed by atoms with Crippen LogP contribution >= 0.6 is 0 Å². The summed E-state index contributed by atoms with van der Waals surface area (Å²) in [5.41, 5.74) is 3.71. The molecule has 7 heteroatoms. The maximum Gasteiger partial charge on any atom is 0.339 e. The van der Waals surface area contributed by atoms with Crippen LogP contribution in [0.15, 0.2) is 60.8 Å². The molecule has 0 fully saturated rings. The molecule has 0 bridgehead atoms. The first kappa shape index (κ1) is 21.2. The van der Waals surface area contributed by atoms with Crippen LogP contribution in [-0.4, -0.2) is 33.6 Å². The monoisotopic (exact) mass is 429 g/mol. The highest BCUT2D eigenvalue weighted by molar-refractivity contribution is 6.03. The Hall–Kier alpha value is -4.00. The molecule has 2 heterocycles. The number of aryl methyl sites for hydroxylation is 1. The Morgan fingerprint density at radius 2 is 1.84 bits per heavy atom. The SMILES string of the molecule is CCn1ncc2c(C(=O)OCc3cc(C(C)=O)ccc3OC)cc(-c3ccccc3)nc21. The highest BCUT2D eigenvalue weighted by atomic mass is 16.5. The molecule has 0 atom stereocenters. The molecule has 0 saturated heterocycles. The Bertz CT molecular complexity index is 1300. The summed E-state index contributed by atoms with van der Waals surface area (Å²) in [6, 6.07) is 16.4. The van der Waals surface area contributed by atoms with Crippen molar-refractivity contribution in [1.82, 2.24) is 14.8 Å². The van der Waals surface area contributed by atoms with Gasteiger partial charge in [-0.05, 0) is 38.1 Å². The first-order valence-corrected chi connectivity index (χ1v) is 10.3. The second-order valence-electron chi connectivity index (χ2n) is 7.28. The van der Waals surface area contributed by atoms with Gasteiger partial charge in [0.15, 0.2) is 11.4 Å². The van der Waals surface area contributed by atoms with Crippen LogP contribution in [0.3, 0.4) is 0 Å². The number of fused-ring (bicyclic) bond motifs is 1. The van der Waals surface area contributed by atoms with E-state index in [4.69, 9.17) is 14.5 Å². The van der Waals surface area contributed by atoms with Crippen molar-refractivity contribution in [1.29, 1.82) is 0 Å². The van der Waals surface area contributed by atoms with E-state index in [-0.39, 0.29) is 12.4 Å². The molecule has 7 nitrogen and oxygen atoms in total. The molecule has 0 N–H and O–H groups in total. The molecule has 0 unspecified atom stereocenters. The van der Waals surface area contributed by atoms with Crippen LogP contribution in [0, 0.1) is 0 Å². The molecule has 4 aromatic rings. The third kappa shape index (κ3) is 4.09. The fourth-order valence-corrected chi connectivity index (χ4v) is 3.54. The van der Waals surface area contributed by atoms with Crippen LogP contribution in [0.5, 0.6) is 5.75 Å². The van der Waals surface area contributed by atoms with E-state index >= 15 is 0 Å². The maximum absolute atomic E-state index is 13.1. The van der Waals surface area contributed by atoms with Gasteiger partial charge in [0.05, 0.1) is 30.0 Å². The number of esters is 1. The lowest BCUT2D eigenvalue weighted by atomic mass is 10.1. The number of nitrogens with zero attached hydrogens (tertiary/aromatic N) is 3. The molecule has 2 aromatic carbocycles. The Morgan fingerprint density at radius 3 is 2.53 bits per heavy atom. The lowest BCUT2D eigenvalue weighted by Gasteiger charge is -2.12. The van der Waals surface area contributed by atoms with E-state index in [1.807, 2.05) is 37.3 Å². The second-order valence-corrected chi connectivity index (χ2v) is 7.28. The molecule has 0 aliphatic carbocycles. The Morgan fingerprint density at radius 1 is 1.06 bits per heavy atom. The molecular formula is C25H23N3O4. The molecule has 0 saturated carbocycles. The summed E-state index contributed by atoms with van der Waals surface area (Å²) in [6.45, 7) is 4.05. The quantitative estimate of drug-likeness (QED) is 0.313. The largest absolute Gasteiger partial charge is 0.496 e. The molecular weight excluding hydrogens is 406 g/mol. The number of carbonyl (C=O) groups is 2. The topological polar surface area (TPSA) is 83.3 Å². The van der Waals surface area contributed by atoms with Crippen molar-refractivity contribution in [3.05, 3.63) is 77.5 Å². The summed E-state index contributed by atoms with van der Waals surface area (Å²) < 4.78 is 12.7. The molecule has 162 valence electrons. The van der Waals surface area contributed by atoms with Crippen molar-refractivity contribution in [2.75, 3.05) is 7.11 Å². The van der Waals surface area contributed by atoms with Gasteiger partial charge >= 0.3 is 5.97 Å². The number of ketones is 1. The van der Waals surface area contributed by atoms with Gasteiger partial charge in [0.1, 0.15) is 12.4 Å². The summed E-state index contributed by atoms with van der Waals surface area (Å²) in [6.07, 6.45) is 1.63. The fourth-order valence-electron chi connectivity index (χ4n) is 3.54. The minimum absolute atomic E-state index is 0.0322. The number of aromatic nitrogens is 3. The number of methoxy groups -OCH3 is 1. The predicted octanol–water partition coefficient (Wildman–Crippen LogP) is 4.69. The maximum atomic E-state index is 13.1. The third-order valence-electron chi connectivity index (χ3n) is 5.24. The van der Waals surface area contributed by atoms with Crippen molar-refractivity contribution < 1.29 is 19.1 Å². The third-order valence-corrected chi connectivity index (χ3v) is 5.24. The predicted molar refractivity (Wildman–Crippen MR) is 121 cm³/mol. The number of rotatable bonds is 7. The molecule has 0 spiro atoms. The van der Waals surface area contributed by atoms with Gasteiger partial charge in [-0.3, -0.25) is 4.79 Å². The normalized spacial score (nSPS) is 10.8. The zero-order chi connectivity index (χ0) is 22.7. The Balaban J connectivity index is 1.70. The van der Waals surface area contributed by atoms with Crippen LogP contribution in [0.4, 0.5) is 0 Å². The van der Waals surface area contributed by atoms with Gasteiger partial charge in [0.2, 0.25) is 0 Å². The molecule has 0 amide bonds. The van der Waals surface area contributed by atoms with E-state index in [1.165, 1.54) is 14.0 Å². The van der Waals surface area contributed by atoms with Gasteiger partial charge in [0, 0.05) is 23.2 Å². The first-order valence-electron chi connectivity index (χ1n) is 10.3. The number of ether oxygens (including phenoxy) is 2. The average molecular weight is 429 g/mol. The number of pyridine rings is 1. The molecule has 0 radical (unpaired) electrons. The first-order chi connectivity index (χ1) is 15.5. The molecule has 2 aromatic heterocycles. The van der Waals surface area contributed by atoms with E-state index in [9.17, 15) is 9.59 Å². The summed E-state index contributed by atoms with van der Waals surface area (Å²) in [5.74, 6) is -0.0254. The molecule has 0 aliphatic heterocycles. The van der Waals surface area contributed by atoms with E-state index in [1.54, 1.807) is 35.1 Å². The summed E-state index contributed by atoms with van der Waals surface area (Å²) >= 11 is 0. The smallest absolute Gasteiger partial charge is 0.339 e. The average Bonchev–Trinajstić information content (AvgIpc) is 3.25. The standard InChI is InChI=1S/C25H23N3O4/c1-4-28-24-21(14-26-28)20(13-22(27-24)17-8-6-5-7-9-17)25(30)32-15-19-12-18(16(2)29)10-11-23(19)31-3/h5-14H,4,15H2,1-3H3. The molecule has 0 aliphatic rings. The van der Waals surface area contributed by atoms with Crippen molar-refractivity contribution in [3.63, 3.8) is 0 Å². The van der Waals surface area contributed by atoms with Crippen molar-refractivity contribution in [2.24, 2.45) is 0 Å². The Labute approximate surface area is 185 Å². The van der Waals surface area contributed by atoms with E-state index in [0.29, 0.717) is 45.7 Å². The van der Waals surface area contributed by atoms with Crippen LogP contribution < -0.4 is 4.74 Å². The van der Waals surface area contributed by atoms with Gasteiger partial charge in [-0.1, -0.05) is 30.3 Å². The van der Waals surface area contributed by atoms with E-state index in [0.717, 1.165) is 5.56 Å². The highest BCUT2D eigenvalue weighted by Crippen LogP contribution is 2.27. The number of benzene rings is 2. The van der Waals surface area contributed by atoms with Crippen molar-refractivity contribution in [2.45, 2.75) is 27.0 Å². The Kier molecular flexibility index (Phi) is 5.98. The fraction of sp³-hybridized carbons (Fsp3) is 0.200. The lowest BCUT2D eigenvalue weighted by molar-refractivity contribution is 0.0472. The minimum Gasteiger partial charge on any atom is -0.496 e. The zero-order valence-corrected chi connectivity index (χ0v) is 18.2. The van der Waals surface area contributed by atoms with Crippen LogP contribution in [0.2, 0.25) is 0 Å². The van der Waals surface area contributed by atoms with Gasteiger partial charge in [-0.25, -0.2) is 14.5 Å². The minimum atomic E-state index is -0.500. The van der Waals surface area contributed by atoms with Crippen LogP contribution in [0.25, 0.3) is 22.3 Å². The molecule has 32 heavy (non-hydrogen) atoms. The highest BCUT2D eigenvalue weighted by Gasteiger charge is 2.19. The number of Topliss-reactive ketones (excluding diaryl/α,β-unsaturated/α-hetero) is 1. The van der Waals surface area contributed by atoms with E-state index in [2.05, 4.69) is 5.10 Å². The lowest BCUT2D eigenvalue weighted by Crippen LogP contribution is -2.09. The van der Waals surface area contributed by atoms with Gasteiger partial charge in [-0.15, -0.1) is 0 Å². The van der Waals surface area contributed by atoms with Gasteiger partial charge < -0.3 is 9.47 Å². The molecule has 4 rings (SSSR count). The number of carbonyl (C=O) groups excluding carboxylic acids is 2. The zero-order valence-electron chi connectivity index (χ0n) is 18.2. The van der Waals surface area contributed by atoms with Crippen LogP contribution in [0.1, 0.15) is 40.1 Å². The number of hydrogen-bond acceptors (Lipinski definition) is 6. The van der Waals surface area contributed by atoms with E-state index < -0.39 is 5.97 Å². The summed E-state index contributed by atoms with van der Waals surface area (Å²) in [7, 11) is 1.53. The van der Waals surface area contributed by atoms with Crippen LogP contribution in [-0.2, 0) is 17.9 Å². The van der Waals surface area contributed by atoms with Gasteiger partial charge in [0.25, 0.3) is 0 Å². The second kappa shape index (κ2) is 9.01. The van der Waals surface area contributed by atoms with Crippen molar-refractivity contribution >= 4 is 22.8 Å². The summed E-state index contributed by atoms with van der Waals surface area (Å²) in [5, 5.41) is 4.98. The van der Waals surface area contributed by atoms with Crippen molar-refractivity contribution in [3.8, 4) is 17.0 Å². The van der Waals surface area contributed by atoms with Gasteiger partial charge in [-0.2, -0.15) is 5.10 Å².